The van der Waals surface area contributed by atoms with Gasteiger partial charge in [0, 0.05) is 23.6 Å². The van der Waals surface area contributed by atoms with Crippen molar-refractivity contribution >= 4 is 23.6 Å². The molecule has 1 aliphatic heterocycles. The fourth-order valence-electron chi connectivity index (χ4n) is 2.02. The van der Waals surface area contributed by atoms with Crippen molar-refractivity contribution in [3.8, 4) is 5.75 Å². The molecular formula is C13H14FNO4S. The Morgan fingerprint density at radius 1 is 1.50 bits per heavy atom. The van der Waals surface area contributed by atoms with Crippen molar-refractivity contribution < 1.29 is 23.8 Å². The molecule has 2 rings (SSSR count). The molecule has 7 heteroatoms. The second-order valence-corrected chi connectivity index (χ2v) is 5.43. The van der Waals surface area contributed by atoms with Crippen LogP contribution in [0.25, 0.3) is 0 Å². The molecule has 0 radical (unpaired) electrons. The summed E-state index contributed by atoms with van der Waals surface area (Å²) >= 11 is 1.49. The van der Waals surface area contributed by atoms with E-state index in [0.29, 0.717) is 18.1 Å². The van der Waals surface area contributed by atoms with E-state index in [-0.39, 0.29) is 11.3 Å². The quantitative estimate of drug-likeness (QED) is 0.915. The number of benzene rings is 1. The number of nitrogens with zero attached hydrogens (tertiary/aromatic N) is 1. The van der Waals surface area contributed by atoms with Gasteiger partial charge in [0.1, 0.15) is 6.04 Å². The number of amides is 1. The Morgan fingerprint density at radius 2 is 2.25 bits per heavy atom. The van der Waals surface area contributed by atoms with Gasteiger partial charge in [-0.05, 0) is 18.2 Å². The first-order chi connectivity index (χ1) is 9.54. The summed E-state index contributed by atoms with van der Waals surface area (Å²) in [7, 11) is 1.34. The Kier molecular flexibility index (Phi) is 4.49. The standard InChI is InChI=1S/C13H14FNO4S/c1-19-11-3-2-8(6-9(11)14)12(16)15-4-5-20-7-10(15)13(17)18/h2-3,6,10H,4-5,7H2,1H3,(H,17,18). The Labute approximate surface area is 119 Å². The largest absolute Gasteiger partial charge is 0.494 e. The molecule has 1 aromatic rings. The van der Waals surface area contributed by atoms with Gasteiger partial charge >= 0.3 is 5.97 Å². The SMILES string of the molecule is COc1ccc(C(=O)N2CCSCC2C(=O)O)cc1F. The molecule has 1 heterocycles. The molecule has 1 amide bonds. The van der Waals surface area contributed by atoms with E-state index >= 15 is 0 Å². The minimum Gasteiger partial charge on any atom is -0.494 e. The normalized spacial score (nSPS) is 18.7. The minimum absolute atomic E-state index is 0.0468. The van der Waals surface area contributed by atoms with Gasteiger partial charge in [0.15, 0.2) is 11.6 Å². The highest BCUT2D eigenvalue weighted by molar-refractivity contribution is 7.99. The van der Waals surface area contributed by atoms with Crippen LogP contribution < -0.4 is 4.74 Å². The molecule has 0 aliphatic carbocycles. The van der Waals surface area contributed by atoms with Crippen molar-refractivity contribution in [1.82, 2.24) is 4.90 Å². The summed E-state index contributed by atoms with van der Waals surface area (Å²) < 4.78 is 18.4. The number of methoxy groups -OCH3 is 1. The van der Waals surface area contributed by atoms with Gasteiger partial charge in [-0.2, -0.15) is 11.8 Å². The smallest absolute Gasteiger partial charge is 0.327 e. The summed E-state index contributed by atoms with van der Waals surface area (Å²) in [5, 5.41) is 9.14. The highest BCUT2D eigenvalue weighted by Crippen LogP contribution is 2.22. The first kappa shape index (κ1) is 14.6. The second kappa shape index (κ2) is 6.13. The van der Waals surface area contributed by atoms with E-state index < -0.39 is 23.7 Å². The zero-order chi connectivity index (χ0) is 14.7. The summed E-state index contributed by atoms with van der Waals surface area (Å²) in [5.74, 6) is -1.09. The highest BCUT2D eigenvalue weighted by atomic mass is 32.2. The molecule has 1 fully saturated rings. The lowest BCUT2D eigenvalue weighted by Crippen LogP contribution is -2.50. The van der Waals surface area contributed by atoms with Crippen LogP contribution in [0.2, 0.25) is 0 Å². The summed E-state index contributed by atoms with van der Waals surface area (Å²) in [6.07, 6.45) is 0. The number of thioether (sulfide) groups is 1. The van der Waals surface area contributed by atoms with E-state index in [1.165, 1.54) is 35.9 Å². The second-order valence-electron chi connectivity index (χ2n) is 4.28. The molecule has 0 saturated carbocycles. The van der Waals surface area contributed by atoms with Crippen LogP contribution in [0.5, 0.6) is 5.75 Å². The number of carboxylic acid groups (broad SMARTS) is 1. The number of carbonyl (C=O) groups is 2. The molecule has 1 atom stereocenters. The molecule has 0 spiro atoms. The monoisotopic (exact) mass is 299 g/mol. The van der Waals surface area contributed by atoms with Crippen LogP contribution in [0.3, 0.4) is 0 Å². The summed E-state index contributed by atoms with van der Waals surface area (Å²) in [6, 6.07) is 3.00. The van der Waals surface area contributed by atoms with Crippen LogP contribution in [0, 0.1) is 5.82 Å². The maximum absolute atomic E-state index is 13.6. The summed E-state index contributed by atoms with van der Waals surface area (Å²) in [6.45, 7) is 0.341. The zero-order valence-electron chi connectivity index (χ0n) is 10.8. The Hall–Kier alpha value is -1.76. The lowest BCUT2D eigenvalue weighted by Gasteiger charge is -2.32. The number of ether oxygens (including phenoxy) is 1. The van der Waals surface area contributed by atoms with Crippen LogP contribution in [0.1, 0.15) is 10.4 Å². The van der Waals surface area contributed by atoms with Gasteiger partial charge in [-0.3, -0.25) is 4.79 Å². The van der Waals surface area contributed by atoms with E-state index in [9.17, 15) is 14.0 Å². The molecule has 1 unspecified atom stereocenters. The van der Waals surface area contributed by atoms with E-state index in [1.807, 2.05) is 0 Å². The molecule has 0 aromatic heterocycles. The molecule has 5 nitrogen and oxygen atoms in total. The van der Waals surface area contributed by atoms with Gasteiger partial charge in [0.05, 0.1) is 7.11 Å². The summed E-state index contributed by atoms with van der Waals surface area (Å²) in [5.41, 5.74) is 0.126. The maximum Gasteiger partial charge on any atom is 0.327 e. The molecule has 0 bridgehead atoms. The molecule has 108 valence electrons. The average Bonchev–Trinajstić information content (AvgIpc) is 2.46. The molecule has 1 aromatic carbocycles. The van der Waals surface area contributed by atoms with Crippen molar-refractivity contribution in [1.29, 1.82) is 0 Å². The number of aliphatic carboxylic acids is 1. The fraction of sp³-hybridized carbons (Fsp3) is 0.385. The molecule has 1 aliphatic rings. The van der Waals surface area contributed by atoms with Crippen LogP contribution >= 0.6 is 11.8 Å². The lowest BCUT2D eigenvalue weighted by molar-refractivity contribution is -0.141. The number of carboxylic acids is 1. The third-order valence-corrected chi connectivity index (χ3v) is 4.10. The fourth-order valence-corrected chi connectivity index (χ4v) is 3.05. The predicted octanol–water partition coefficient (Wildman–Crippen LogP) is 1.48. The summed E-state index contributed by atoms with van der Waals surface area (Å²) in [4.78, 5) is 24.8. The van der Waals surface area contributed by atoms with Crippen LogP contribution in [-0.4, -0.2) is 53.1 Å². The van der Waals surface area contributed by atoms with Gasteiger partial charge in [-0.1, -0.05) is 0 Å². The van der Waals surface area contributed by atoms with Crippen LogP contribution in [0.4, 0.5) is 4.39 Å². The molecule has 1 saturated heterocycles. The van der Waals surface area contributed by atoms with Gasteiger partial charge in [0.25, 0.3) is 5.91 Å². The zero-order valence-corrected chi connectivity index (χ0v) is 11.7. The molecule has 1 N–H and O–H groups in total. The Morgan fingerprint density at radius 3 is 2.85 bits per heavy atom. The maximum atomic E-state index is 13.6. The van der Waals surface area contributed by atoms with Gasteiger partial charge in [-0.15, -0.1) is 0 Å². The number of hydrogen-bond donors (Lipinski definition) is 1. The third kappa shape index (κ3) is 2.87. The van der Waals surface area contributed by atoms with Crippen molar-refractivity contribution in [2.24, 2.45) is 0 Å². The van der Waals surface area contributed by atoms with Gasteiger partial charge in [0.2, 0.25) is 0 Å². The van der Waals surface area contributed by atoms with Crippen molar-refractivity contribution in [2.45, 2.75) is 6.04 Å². The number of hydrogen-bond acceptors (Lipinski definition) is 4. The van der Waals surface area contributed by atoms with Gasteiger partial charge < -0.3 is 14.7 Å². The number of rotatable bonds is 3. The predicted molar refractivity (Wildman–Crippen MR) is 72.7 cm³/mol. The van der Waals surface area contributed by atoms with Crippen molar-refractivity contribution in [3.05, 3.63) is 29.6 Å². The van der Waals surface area contributed by atoms with Crippen LogP contribution in [0.15, 0.2) is 18.2 Å². The Balaban J connectivity index is 2.25. The molecule has 20 heavy (non-hydrogen) atoms. The van der Waals surface area contributed by atoms with Crippen LogP contribution in [-0.2, 0) is 4.79 Å². The van der Waals surface area contributed by atoms with E-state index in [2.05, 4.69) is 0 Å². The van der Waals surface area contributed by atoms with E-state index in [4.69, 9.17) is 9.84 Å². The first-order valence-electron chi connectivity index (χ1n) is 5.99. The highest BCUT2D eigenvalue weighted by Gasteiger charge is 2.33. The Bertz CT molecular complexity index is 537. The topological polar surface area (TPSA) is 66.8 Å². The lowest BCUT2D eigenvalue weighted by atomic mass is 10.1. The third-order valence-electron chi connectivity index (χ3n) is 3.07. The number of halogens is 1. The average molecular weight is 299 g/mol. The molecular weight excluding hydrogens is 285 g/mol. The first-order valence-corrected chi connectivity index (χ1v) is 7.15. The number of carbonyl (C=O) groups excluding carboxylic acids is 1. The minimum atomic E-state index is -1.04. The van der Waals surface area contributed by atoms with Gasteiger partial charge in [-0.25, -0.2) is 9.18 Å². The van der Waals surface area contributed by atoms with E-state index in [1.54, 1.807) is 0 Å². The van der Waals surface area contributed by atoms with Crippen molar-refractivity contribution in [3.63, 3.8) is 0 Å². The van der Waals surface area contributed by atoms with E-state index in [0.717, 1.165) is 6.07 Å². The van der Waals surface area contributed by atoms with Crippen molar-refractivity contribution in [2.75, 3.05) is 25.2 Å².